The fourth-order valence-corrected chi connectivity index (χ4v) is 3.69. The molecule has 1 aromatic rings. The Morgan fingerprint density at radius 1 is 1.50 bits per heavy atom. The van der Waals surface area contributed by atoms with Gasteiger partial charge in [-0.05, 0) is 47.0 Å². The van der Waals surface area contributed by atoms with E-state index in [1.807, 2.05) is 6.20 Å². The van der Waals surface area contributed by atoms with Crippen LogP contribution in [0.5, 0.6) is 0 Å². The molecule has 1 saturated carbocycles. The van der Waals surface area contributed by atoms with Crippen molar-refractivity contribution < 1.29 is 0 Å². The molecule has 0 bridgehead atoms. The second kappa shape index (κ2) is 6.20. The van der Waals surface area contributed by atoms with Gasteiger partial charge in [-0.2, -0.15) is 5.10 Å². The second-order valence-electron chi connectivity index (χ2n) is 5.47. The minimum atomic E-state index is 0.130. The van der Waals surface area contributed by atoms with E-state index in [0.29, 0.717) is 5.92 Å². The molecular formula is C14H24BrN3. The molecule has 2 rings (SSSR count). The van der Waals surface area contributed by atoms with Crippen molar-refractivity contribution >= 4 is 15.9 Å². The van der Waals surface area contributed by atoms with Crippen molar-refractivity contribution in [2.45, 2.75) is 58.5 Å². The number of rotatable bonds is 5. The van der Waals surface area contributed by atoms with Crippen molar-refractivity contribution in [3.05, 3.63) is 16.4 Å². The van der Waals surface area contributed by atoms with Crippen molar-refractivity contribution in [2.24, 2.45) is 17.6 Å². The van der Waals surface area contributed by atoms with Crippen LogP contribution in [0.15, 0.2) is 10.7 Å². The van der Waals surface area contributed by atoms with Gasteiger partial charge < -0.3 is 5.73 Å². The molecule has 1 fully saturated rings. The Bertz CT molecular complexity index is 388. The van der Waals surface area contributed by atoms with Crippen LogP contribution in [-0.4, -0.2) is 9.78 Å². The first-order valence-corrected chi connectivity index (χ1v) is 7.93. The summed E-state index contributed by atoms with van der Waals surface area (Å²) in [7, 11) is 0. The summed E-state index contributed by atoms with van der Waals surface area (Å²) in [6, 6.07) is 0.130. The van der Waals surface area contributed by atoms with Gasteiger partial charge in [0.25, 0.3) is 0 Å². The van der Waals surface area contributed by atoms with Crippen LogP contribution in [0.2, 0.25) is 0 Å². The van der Waals surface area contributed by atoms with E-state index in [-0.39, 0.29) is 6.04 Å². The highest BCUT2D eigenvalue weighted by molar-refractivity contribution is 9.10. The summed E-state index contributed by atoms with van der Waals surface area (Å²) in [5.74, 6) is 1.50. The van der Waals surface area contributed by atoms with E-state index in [9.17, 15) is 0 Å². The lowest BCUT2D eigenvalue weighted by molar-refractivity contribution is 0.391. The lowest BCUT2D eigenvalue weighted by atomic mass is 9.94. The zero-order valence-electron chi connectivity index (χ0n) is 11.4. The highest BCUT2D eigenvalue weighted by atomic mass is 79.9. The fraction of sp³-hybridized carbons (Fsp3) is 0.786. The number of aromatic nitrogens is 2. The van der Waals surface area contributed by atoms with Gasteiger partial charge >= 0.3 is 0 Å². The van der Waals surface area contributed by atoms with Gasteiger partial charge in [0.05, 0.1) is 22.4 Å². The molecule has 0 aliphatic heterocycles. The standard InChI is InChI=1S/C14H24BrN3/c1-3-7-18-14(12(15)9-17-18)13(16)11-6-5-10(4-2)8-11/h9-11,13H,3-8,16H2,1-2H3. The van der Waals surface area contributed by atoms with Gasteiger partial charge in [-0.1, -0.05) is 26.7 Å². The minimum Gasteiger partial charge on any atom is -0.322 e. The number of hydrogen-bond donors (Lipinski definition) is 1. The molecule has 3 unspecified atom stereocenters. The SMILES string of the molecule is CCCn1ncc(Br)c1C(N)C1CCC(CC)C1. The largest absolute Gasteiger partial charge is 0.322 e. The van der Waals surface area contributed by atoms with Gasteiger partial charge in [-0.15, -0.1) is 0 Å². The summed E-state index contributed by atoms with van der Waals surface area (Å²) in [4.78, 5) is 0. The number of hydrogen-bond acceptors (Lipinski definition) is 2. The third-order valence-corrected chi connectivity index (χ3v) is 4.86. The summed E-state index contributed by atoms with van der Waals surface area (Å²) < 4.78 is 3.15. The van der Waals surface area contributed by atoms with Gasteiger partial charge in [0.15, 0.2) is 0 Å². The third kappa shape index (κ3) is 2.80. The summed E-state index contributed by atoms with van der Waals surface area (Å²) in [5.41, 5.74) is 7.70. The predicted octanol–water partition coefficient (Wildman–Crippen LogP) is 3.88. The Labute approximate surface area is 118 Å². The zero-order chi connectivity index (χ0) is 13.1. The van der Waals surface area contributed by atoms with E-state index in [1.54, 1.807) is 0 Å². The molecule has 0 aromatic carbocycles. The average Bonchev–Trinajstić information content (AvgIpc) is 2.96. The van der Waals surface area contributed by atoms with E-state index in [0.717, 1.165) is 23.4 Å². The molecule has 1 heterocycles. The molecule has 1 aliphatic rings. The normalized spacial score (nSPS) is 25.6. The first-order chi connectivity index (χ1) is 8.67. The predicted molar refractivity (Wildman–Crippen MR) is 78.3 cm³/mol. The van der Waals surface area contributed by atoms with Gasteiger partial charge in [0.1, 0.15) is 0 Å². The van der Waals surface area contributed by atoms with Crippen LogP contribution in [0, 0.1) is 11.8 Å². The molecule has 0 saturated heterocycles. The highest BCUT2D eigenvalue weighted by Crippen LogP contribution is 2.40. The minimum absolute atomic E-state index is 0.130. The van der Waals surface area contributed by atoms with Crippen LogP contribution in [-0.2, 0) is 6.54 Å². The molecule has 1 aliphatic carbocycles. The van der Waals surface area contributed by atoms with Crippen molar-refractivity contribution in [1.82, 2.24) is 9.78 Å². The maximum atomic E-state index is 6.50. The van der Waals surface area contributed by atoms with Crippen molar-refractivity contribution in [3.8, 4) is 0 Å². The van der Waals surface area contributed by atoms with Crippen molar-refractivity contribution in [3.63, 3.8) is 0 Å². The first kappa shape index (κ1) is 14.1. The summed E-state index contributed by atoms with van der Waals surface area (Å²) in [6.45, 7) is 5.42. The monoisotopic (exact) mass is 313 g/mol. The van der Waals surface area contributed by atoms with Crippen LogP contribution >= 0.6 is 15.9 Å². The molecule has 18 heavy (non-hydrogen) atoms. The molecule has 0 radical (unpaired) electrons. The van der Waals surface area contributed by atoms with Gasteiger partial charge in [0, 0.05) is 6.54 Å². The molecule has 4 heteroatoms. The highest BCUT2D eigenvalue weighted by Gasteiger charge is 2.31. The van der Waals surface area contributed by atoms with Crippen LogP contribution in [0.1, 0.15) is 57.7 Å². The number of nitrogens with two attached hydrogens (primary N) is 1. The number of halogens is 1. The Hall–Kier alpha value is -0.350. The third-order valence-electron chi connectivity index (χ3n) is 4.25. The van der Waals surface area contributed by atoms with Crippen LogP contribution in [0.25, 0.3) is 0 Å². The topological polar surface area (TPSA) is 43.8 Å². The molecule has 0 amide bonds. The Kier molecular flexibility index (Phi) is 4.84. The smallest absolute Gasteiger partial charge is 0.0696 e. The van der Waals surface area contributed by atoms with Crippen LogP contribution in [0.3, 0.4) is 0 Å². The zero-order valence-corrected chi connectivity index (χ0v) is 13.0. The molecule has 0 spiro atoms. The van der Waals surface area contributed by atoms with Crippen LogP contribution < -0.4 is 5.73 Å². The quantitative estimate of drug-likeness (QED) is 0.896. The lowest BCUT2D eigenvalue weighted by Gasteiger charge is -2.21. The second-order valence-corrected chi connectivity index (χ2v) is 6.33. The molecule has 2 N–H and O–H groups in total. The average molecular weight is 314 g/mol. The molecule has 3 atom stereocenters. The molecule has 3 nitrogen and oxygen atoms in total. The maximum Gasteiger partial charge on any atom is 0.0696 e. The Morgan fingerprint density at radius 2 is 2.28 bits per heavy atom. The number of aryl methyl sites for hydroxylation is 1. The summed E-state index contributed by atoms with van der Waals surface area (Å²) in [5, 5.41) is 4.43. The summed E-state index contributed by atoms with van der Waals surface area (Å²) in [6.07, 6.45) is 8.16. The van der Waals surface area contributed by atoms with Gasteiger partial charge in [0.2, 0.25) is 0 Å². The van der Waals surface area contributed by atoms with E-state index >= 15 is 0 Å². The Balaban J connectivity index is 2.13. The molecular weight excluding hydrogens is 290 g/mol. The van der Waals surface area contributed by atoms with Crippen molar-refractivity contribution in [2.75, 3.05) is 0 Å². The van der Waals surface area contributed by atoms with Crippen molar-refractivity contribution in [1.29, 1.82) is 0 Å². The van der Waals surface area contributed by atoms with Gasteiger partial charge in [-0.25, -0.2) is 0 Å². The maximum absolute atomic E-state index is 6.50. The van der Waals surface area contributed by atoms with E-state index in [1.165, 1.54) is 31.4 Å². The molecule has 102 valence electrons. The number of nitrogens with zero attached hydrogens (tertiary/aromatic N) is 2. The Morgan fingerprint density at radius 3 is 2.89 bits per heavy atom. The van der Waals surface area contributed by atoms with E-state index in [4.69, 9.17) is 5.73 Å². The fourth-order valence-electron chi connectivity index (χ4n) is 3.13. The van der Waals surface area contributed by atoms with E-state index in [2.05, 4.69) is 39.6 Å². The van der Waals surface area contributed by atoms with Crippen LogP contribution in [0.4, 0.5) is 0 Å². The summed E-state index contributed by atoms with van der Waals surface area (Å²) >= 11 is 3.60. The lowest BCUT2D eigenvalue weighted by Crippen LogP contribution is -2.23. The first-order valence-electron chi connectivity index (χ1n) is 7.14. The molecule has 1 aromatic heterocycles. The van der Waals surface area contributed by atoms with E-state index < -0.39 is 0 Å². The van der Waals surface area contributed by atoms with Gasteiger partial charge in [-0.3, -0.25) is 4.68 Å².